The zero-order valence-corrected chi connectivity index (χ0v) is 18.6. The molecule has 2 N–H and O–H groups in total. The first-order chi connectivity index (χ1) is 14.2. The van der Waals surface area contributed by atoms with E-state index >= 15 is 0 Å². The molecule has 5 nitrogen and oxygen atoms in total. The highest BCUT2D eigenvalue weighted by Crippen LogP contribution is 2.31. The summed E-state index contributed by atoms with van der Waals surface area (Å²) in [5.41, 5.74) is 0.116. The predicted molar refractivity (Wildman–Crippen MR) is 117 cm³/mol. The number of rotatable bonds is 8. The standard InChI is InChI=1S/C22H36F3N5/c1-5-26-21(28-16-18(3)30-13-11-29(4)12-14-30)27-10-9-17(2)19-7-6-8-20(15-19)22(23,24)25/h6-8,15,17-18H,5,9-14,16H2,1-4H3,(H2,26,27,28). The molecule has 1 saturated heterocycles. The van der Waals surface area contributed by atoms with Crippen LogP contribution in [0.1, 0.15) is 44.2 Å². The molecule has 2 unspecified atom stereocenters. The van der Waals surface area contributed by atoms with Gasteiger partial charge in [-0.2, -0.15) is 13.2 Å². The van der Waals surface area contributed by atoms with E-state index in [-0.39, 0.29) is 5.92 Å². The molecule has 8 heteroatoms. The third-order valence-corrected chi connectivity index (χ3v) is 5.67. The minimum atomic E-state index is -4.31. The third-order valence-electron chi connectivity index (χ3n) is 5.67. The molecule has 1 aromatic rings. The number of halogens is 3. The highest BCUT2D eigenvalue weighted by Gasteiger charge is 2.30. The highest BCUT2D eigenvalue weighted by molar-refractivity contribution is 5.79. The molecule has 2 atom stereocenters. The maximum Gasteiger partial charge on any atom is 0.416 e. The maximum atomic E-state index is 12.9. The largest absolute Gasteiger partial charge is 0.416 e. The van der Waals surface area contributed by atoms with Gasteiger partial charge >= 0.3 is 6.18 Å². The zero-order valence-electron chi connectivity index (χ0n) is 18.6. The summed E-state index contributed by atoms with van der Waals surface area (Å²) in [6.45, 7) is 12.6. The molecule has 0 saturated carbocycles. The van der Waals surface area contributed by atoms with Gasteiger partial charge in [0.1, 0.15) is 0 Å². The first-order valence-corrected chi connectivity index (χ1v) is 10.8. The van der Waals surface area contributed by atoms with Crippen LogP contribution in [0.25, 0.3) is 0 Å². The summed E-state index contributed by atoms with van der Waals surface area (Å²) in [4.78, 5) is 9.51. The molecule has 0 radical (unpaired) electrons. The number of aliphatic imine (C=N–C) groups is 1. The number of piperazine rings is 1. The second-order valence-corrected chi connectivity index (χ2v) is 8.15. The van der Waals surface area contributed by atoms with E-state index in [0.29, 0.717) is 24.7 Å². The Hall–Kier alpha value is -1.80. The Balaban J connectivity index is 1.84. The molecule has 1 aliphatic heterocycles. The number of hydrogen-bond acceptors (Lipinski definition) is 3. The van der Waals surface area contributed by atoms with Crippen LogP contribution in [0.4, 0.5) is 13.2 Å². The Morgan fingerprint density at radius 2 is 1.83 bits per heavy atom. The van der Waals surface area contributed by atoms with Crippen LogP contribution in [0.15, 0.2) is 29.3 Å². The van der Waals surface area contributed by atoms with Crippen LogP contribution in [-0.2, 0) is 6.18 Å². The van der Waals surface area contributed by atoms with Crippen molar-refractivity contribution in [3.8, 4) is 0 Å². The topological polar surface area (TPSA) is 42.9 Å². The van der Waals surface area contributed by atoms with Crippen molar-refractivity contribution < 1.29 is 13.2 Å². The molecule has 1 aromatic carbocycles. The SMILES string of the molecule is CCNC(=NCC(C)N1CCN(C)CC1)NCCC(C)c1cccc(C(F)(F)F)c1. The van der Waals surface area contributed by atoms with Crippen molar-refractivity contribution in [2.24, 2.45) is 4.99 Å². The number of nitrogens with one attached hydrogen (secondary N) is 2. The van der Waals surface area contributed by atoms with Gasteiger partial charge < -0.3 is 15.5 Å². The van der Waals surface area contributed by atoms with E-state index < -0.39 is 11.7 Å². The van der Waals surface area contributed by atoms with Crippen molar-refractivity contribution in [2.75, 3.05) is 52.9 Å². The van der Waals surface area contributed by atoms with Crippen LogP contribution >= 0.6 is 0 Å². The number of benzene rings is 1. The van der Waals surface area contributed by atoms with E-state index in [1.165, 1.54) is 12.1 Å². The van der Waals surface area contributed by atoms with Crippen LogP contribution in [0, 0.1) is 0 Å². The molecule has 1 heterocycles. The van der Waals surface area contributed by atoms with Crippen LogP contribution in [0.5, 0.6) is 0 Å². The fraction of sp³-hybridized carbons (Fsp3) is 0.682. The van der Waals surface area contributed by atoms with E-state index in [4.69, 9.17) is 4.99 Å². The lowest BCUT2D eigenvalue weighted by molar-refractivity contribution is -0.137. The summed E-state index contributed by atoms with van der Waals surface area (Å²) in [7, 11) is 2.15. The molecule has 30 heavy (non-hydrogen) atoms. The van der Waals surface area contributed by atoms with Crippen molar-refractivity contribution in [1.82, 2.24) is 20.4 Å². The number of hydrogen-bond donors (Lipinski definition) is 2. The summed E-state index contributed by atoms with van der Waals surface area (Å²) in [6, 6.07) is 5.98. The lowest BCUT2D eigenvalue weighted by Crippen LogP contribution is -2.49. The Bertz CT molecular complexity index is 669. The number of nitrogens with zero attached hydrogens (tertiary/aromatic N) is 3. The normalized spacial score (nSPS) is 18.8. The summed E-state index contributed by atoms with van der Waals surface area (Å²) < 4.78 is 38.8. The molecule has 170 valence electrons. The molecule has 1 fully saturated rings. The van der Waals surface area contributed by atoms with Gasteiger partial charge in [-0.15, -0.1) is 0 Å². The van der Waals surface area contributed by atoms with E-state index in [1.54, 1.807) is 6.07 Å². The molecular weight excluding hydrogens is 391 g/mol. The highest BCUT2D eigenvalue weighted by atomic mass is 19.4. The number of alkyl halides is 3. The van der Waals surface area contributed by atoms with Gasteiger partial charge in [0, 0.05) is 45.3 Å². The Labute approximate surface area is 178 Å². The van der Waals surface area contributed by atoms with E-state index in [0.717, 1.165) is 51.2 Å². The molecule has 0 spiro atoms. The van der Waals surface area contributed by atoms with Gasteiger partial charge in [0.2, 0.25) is 0 Å². The molecule has 0 aromatic heterocycles. The van der Waals surface area contributed by atoms with Gasteiger partial charge in [-0.1, -0.05) is 25.1 Å². The number of likely N-dealkylation sites (N-methyl/N-ethyl adjacent to an activating group) is 1. The zero-order chi connectivity index (χ0) is 22.1. The lowest BCUT2D eigenvalue weighted by atomic mass is 9.96. The smallest absolute Gasteiger partial charge is 0.357 e. The van der Waals surface area contributed by atoms with Crippen molar-refractivity contribution in [1.29, 1.82) is 0 Å². The van der Waals surface area contributed by atoms with Crippen molar-refractivity contribution in [3.63, 3.8) is 0 Å². The van der Waals surface area contributed by atoms with Crippen LogP contribution < -0.4 is 10.6 Å². The minimum Gasteiger partial charge on any atom is -0.357 e. The van der Waals surface area contributed by atoms with Gasteiger partial charge in [-0.3, -0.25) is 9.89 Å². The maximum absolute atomic E-state index is 12.9. The van der Waals surface area contributed by atoms with Crippen LogP contribution in [0.2, 0.25) is 0 Å². The summed E-state index contributed by atoms with van der Waals surface area (Å²) in [6.07, 6.45) is -3.58. The average Bonchev–Trinajstić information content (AvgIpc) is 2.71. The van der Waals surface area contributed by atoms with Gasteiger partial charge in [-0.05, 0) is 44.9 Å². The first-order valence-electron chi connectivity index (χ1n) is 10.8. The molecule has 0 bridgehead atoms. The Morgan fingerprint density at radius 1 is 1.13 bits per heavy atom. The van der Waals surface area contributed by atoms with Crippen LogP contribution in [-0.4, -0.2) is 74.7 Å². The third kappa shape index (κ3) is 7.80. The van der Waals surface area contributed by atoms with Gasteiger partial charge in [-0.25, -0.2) is 0 Å². The second kappa shape index (κ2) is 11.6. The molecule has 0 aliphatic carbocycles. The molecule has 0 amide bonds. The quantitative estimate of drug-likeness (QED) is 0.493. The van der Waals surface area contributed by atoms with Gasteiger partial charge in [0.25, 0.3) is 0 Å². The second-order valence-electron chi connectivity index (χ2n) is 8.15. The summed E-state index contributed by atoms with van der Waals surface area (Å²) in [5, 5.41) is 6.58. The summed E-state index contributed by atoms with van der Waals surface area (Å²) in [5.74, 6) is 0.779. The van der Waals surface area contributed by atoms with E-state index in [9.17, 15) is 13.2 Å². The number of guanidine groups is 1. The van der Waals surface area contributed by atoms with Gasteiger partial charge in [0.05, 0.1) is 12.1 Å². The molecule has 2 rings (SSSR count). The van der Waals surface area contributed by atoms with E-state index in [1.807, 2.05) is 13.8 Å². The lowest BCUT2D eigenvalue weighted by Gasteiger charge is -2.35. The van der Waals surface area contributed by atoms with Crippen molar-refractivity contribution >= 4 is 5.96 Å². The Kier molecular flexibility index (Phi) is 9.42. The molecule has 1 aliphatic rings. The van der Waals surface area contributed by atoms with Crippen LogP contribution in [0.3, 0.4) is 0 Å². The minimum absolute atomic E-state index is 0.0203. The average molecular weight is 428 g/mol. The van der Waals surface area contributed by atoms with E-state index in [2.05, 4.69) is 34.4 Å². The monoisotopic (exact) mass is 427 g/mol. The first kappa shape index (κ1) is 24.5. The fourth-order valence-corrected chi connectivity index (χ4v) is 3.54. The Morgan fingerprint density at radius 3 is 2.47 bits per heavy atom. The van der Waals surface area contributed by atoms with Gasteiger partial charge in [0.15, 0.2) is 5.96 Å². The molecular formula is C22H36F3N5. The van der Waals surface area contributed by atoms with Crippen molar-refractivity contribution in [2.45, 2.75) is 45.3 Å². The summed E-state index contributed by atoms with van der Waals surface area (Å²) >= 11 is 0. The fourth-order valence-electron chi connectivity index (χ4n) is 3.54. The van der Waals surface area contributed by atoms with Crippen molar-refractivity contribution in [3.05, 3.63) is 35.4 Å². The predicted octanol–water partition coefficient (Wildman–Crippen LogP) is 3.39.